The van der Waals surface area contributed by atoms with Crippen LogP contribution in [-0.4, -0.2) is 28.8 Å². The molecule has 0 N–H and O–H groups in total. The minimum absolute atomic E-state index is 0.00320. The minimum atomic E-state index is -0.00320. The summed E-state index contributed by atoms with van der Waals surface area (Å²) < 4.78 is 9.68. The average molecular weight is 341 g/mol. The molecule has 1 fully saturated rings. The lowest BCUT2D eigenvalue weighted by Gasteiger charge is -2.14. The van der Waals surface area contributed by atoms with Crippen molar-refractivity contribution in [2.24, 2.45) is 0 Å². The predicted molar refractivity (Wildman–Crippen MR) is 93.9 cm³/mol. The van der Waals surface area contributed by atoms with Crippen molar-refractivity contribution in [2.45, 2.75) is 52.8 Å². The van der Waals surface area contributed by atoms with Gasteiger partial charge in [0.15, 0.2) is 18.2 Å². The Morgan fingerprint density at radius 1 is 1.36 bits per heavy atom. The Balaban J connectivity index is 1.78. The van der Waals surface area contributed by atoms with Crippen LogP contribution in [0.5, 0.6) is 0 Å². The zero-order valence-electron chi connectivity index (χ0n) is 15.1. The first-order chi connectivity index (χ1) is 12.0. The van der Waals surface area contributed by atoms with Gasteiger partial charge < -0.3 is 9.30 Å². The maximum atomic E-state index is 12.8. The molecule has 5 heteroatoms. The van der Waals surface area contributed by atoms with Gasteiger partial charge in [-0.3, -0.25) is 9.59 Å². The van der Waals surface area contributed by atoms with E-state index in [4.69, 9.17) is 4.74 Å². The summed E-state index contributed by atoms with van der Waals surface area (Å²) in [5.41, 5.74) is 3.43. The standard InChI is InChI=1S/C20H25N2O3/c1-14-10-19(15(2)22(14)12-18-7-5-9-25-18)20(24)13-21-8-4-6-17(11-21)16(3)23/h4,6,8,10-11,18H,5,7,9,12-13H2,1-3H3/q+1/t18-/m0/s1. The monoisotopic (exact) mass is 341 g/mol. The van der Waals surface area contributed by atoms with Crippen molar-refractivity contribution >= 4 is 11.6 Å². The van der Waals surface area contributed by atoms with E-state index in [1.54, 1.807) is 22.9 Å². The second-order valence-corrected chi connectivity index (χ2v) is 6.77. The Morgan fingerprint density at radius 3 is 2.84 bits per heavy atom. The zero-order valence-corrected chi connectivity index (χ0v) is 15.1. The van der Waals surface area contributed by atoms with Crippen molar-refractivity contribution in [1.82, 2.24) is 4.57 Å². The summed E-state index contributed by atoms with van der Waals surface area (Å²) in [6, 6.07) is 5.52. The second kappa shape index (κ2) is 7.31. The fourth-order valence-corrected chi connectivity index (χ4v) is 3.44. The molecule has 1 aliphatic heterocycles. The van der Waals surface area contributed by atoms with Crippen molar-refractivity contribution in [3.63, 3.8) is 0 Å². The fourth-order valence-electron chi connectivity index (χ4n) is 3.44. The van der Waals surface area contributed by atoms with Crippen molar-refractivity contribution < 1.29 is 18.9 Å². The van der Waals surface area contributed by atoms with Gasteiger partial charge >= 0.3 is 0 Å². The lowest BCUT2D eigenvalue weighted by Crippen LogP contribution is -2.38. The Bertz CT molecular complexity index is 801. The van der Waals surface area contributed by atoms with Crippen LogP contribution in [-0.2, 0) is 17.8 Å². The Morgan fingerprint density at radius 2 is 2.16 bits per heavy atom. The van der Waals surface area contributed by atoms with E-state index < -0.39 is 0 Å². The van der Waals surface area contributed by atoms with Crippen LogP contribution >= 0.6 is 0 Å². The van der Waals surface area contributed by atoms with Crippen LogP contribution in [0.15, 0.2) is 30.6 Å². The maximum Gasteiger partial charge on any atom is 0.229 e. The first-order valence-corrected chi connectivity index (χ1v) is 8.77. The van der Waals surface area contributed by atoms with Gasteiger partial charge in [-0.15, -0.1) is 0 Å². The highest BCUT2D eigenvalue weighted by Crippen LogP contribution is 2.20. The number of ether oxygens (including phenoxy) is 1. The summed E-state index contributed by atoms with van der Waals surface area (Å²) in [4.78, 5) is 24.3. The first kappa shape index (κ1) is 17.5. The van der Waals surface area contributed by atoms with Crippen LogP contribution in [0.2, 0.25) is 0 Å². The average Bonchev–Trinajstić information content (AvgIpc) is 3.19. The van der Waals surface area contributed by atoms with Crippen LogP contribution < -0.4 is 4.57 Å². The highest BCUT2D eigenvalue weighted by molar-refractivity contribution is 5.96. The summed E-state index contributed by atoms with van der Waals surface area (Å²) in [5, 5.41) is 0. The first-order valence-electron chi connectivity index (χ1n) is 8.77. The molecule has 0 bridgehead atoms. The van der Waals surface area contributed by atoms with E-state index in [9.17, 15) is 9.59 Å². The number of pyridine rings is 1. The Kier molecular flexibility index (Phi) is 5.13. The van der Waals surface area contributed by atoms with Crippen molar-refractivity contribution in [1.29, 1.82) is 0 Å². The number of ketones is 2. The fraction of sp³-hybridized carbons (Fsp3) is 0.450. The lowest BCUT2D eigenvalue weighted by atomic mass is 10.1. The van der Waals surface area contributed by atoms with Gasteiger partial charge in [0.25, 0.3) is 0 Å². The molecule has 1 aliphatic rings. The molecule has 0 saturated carbocycles. The summed E-state index contributed by atoms with van der Waals surface area (Å²) in [6.45, 7) is 7.41. The van der Waals surface area contributed by atoms with E-state index in [-0.39, 0.29) is 24.2 Å². The third kappa shape index (κ3) is 3.87. The summed E-state index contributed by atoms with van der Waals surface area (Å²) in [7, 11) is 0. The molecule has 25 heavy (non-hydrogen) atoms. The molecule has 0 radical (unpaired) electrons. The van der Waals surface area contributed by atoms with Crippen molar-refractivity contribution in [2.75, 3.05) is 6.61 Å². The third-order valence-corrected chi connectivity index (χ3v) is 4.88. The number of carbonyl (C=O) groups is 2. The van der Waals surface area contributed by atoms with E-state index in [0.717, 1.165) is 42.9 Å². The van der Waals surface area contributed by atoms with Crippen molar-refractivity contribution in [3.05, 3.63) is 53.1 Å². The highest BCUT2D eigenvalue weighted by atomic mass is 16.5. The van der Waals surface area contributed by atoms with Crippen LogP contribution in [0.1, 0.15) is 51.9 Å². The Labute approximate surface area is 148 Å². The van der Waals surface area contributed by atoms with E-state index in [1.807, 2.05) is 26.1 Å². The van der Waals surface area contributed by atoms with Gasteiger partial charge in [-0.2, -0.15) is 4.57 Å². The maximum absolute atomic E-state index is 12.8. The molecule has 0 aromatic carbocycles. The van der Waals surface area contributed by atoms with Gasteiger partial charge in [0.2, 0.25) is 12.3 Å². The van der Waals surface area contributed by atoms with Gasteiger partial charge in [0.1, 0.15) is 0 Å². The molecule has 0 aliphatic carbocycles. The van der Waals surface area contributed by atoms with E-state index >= 15 is 0 Å². The van der Waals surface area contributed by atoms with E-state index in [0.29, 0.717) is 5.56 Å². The molecule has 0 spiro atoms. The van der Waals surface area contributed by atoms with Gasteiger partial charge in [0.05, 0.1) is 11.7 Å². The molecule has 2 aromatic heterocycles. The number of hydrogen-bond acceptors (Lipinski definition) is 3. The van der Waals surface area contributed by atoms with E-state index in [1.165, 1.54) is 6.92 Å². The molecule has 0 amide bonds. The molecule has 3 rings (SSSR count). The van der Waals surface area contributed by atoms with Gasteiger partial charge in [-0.25, -0.2) is 0 Å². The highest BCUT2D eigenvalue weighted by Gasteiger charge is 2.22. The molecule has 1 atom stereocenters. The SMILES string of the molecule is CC(=O)c1ccc[n+](CC(=O)c2cc(C)n(C[C@@H]3CCCO3)c2C)c1. The summed E-state index contributed by atoms with van der Waals surface area (Å²) >= 11 is 0. The molecular formula is C20H25N2O3+. The lowest BCUT2D eigenvalue weighted by molar-refractivity contribution is -0.683. The van der Waals surface area contributed by atoms with Gasteiger partial charge in [-0.05, 0) is 45.7 Å². The number of aryl methyl sites for hydroxylation is 1. The third-order valence-electron chi connectivity index (χ3n) is 4.88. The normalized spacial score (nSPS) is 17.0. The number of carbonyl (C=O) groups excluding carboxylic acids is 2. The van der Waals surface area contributed by atoms with E-state index in [2.05, 4.69) is 4.57 Å². The second-order valence-electron chi connectivity index (χ2n) is 6.77. The number of aromatic nitrogens is 2. The Hall–Kier alpha value is -2.27. The summed E-state index contributed by atoms with van der Waals surface area (Å²) in [5.74, 6) is 0.0499. The topological polar surface area (TPSA) is 52.2 Å². The van der Waals surface area contributed by atoms with Gasteiger partial charge in [0, 0.05) is 36.2 Å². The number of hydrogen-bond donors (Lipinski definition) is 0. The van der Waals surface area contributed by atoms with Crippen molar-refractivity contribution in [3.8, 4) is 0 Å². The van der Waals surface area contributed by atoms with Crippen LogP contribution in [0.25, 0.3) is 0 Å². The number of nitrogens with zero attached hydrogens (tertiary/aromatic N) is 2. The number of rotatable bonds is 6. The molecule has 132 valence electrons. The molecule has 1 saturated heterocycles. The molecule has 5 nitrogen and oxygen atoms in total. The predicted octanol–water partition coefficient (Wildman–Crippen LogP) is 2.66. The molecular weight excluding hydrogens is 316 g/mol. The van der Waals surface area contributed by atoms with Crippen LogP contribution in [0.4, 0.5) is 0 Å². The summed E-state index contributed by atoms with van der Waals surface area (Å²) in [6.07, 6.45) is 5.98. The van der Waals surface area contributed by atoms with Crippen LogP contribution in [0, 0.1) is 13.8 Å². The van der Waals surface area contributed by atoms with Crippen LogP contribution in [0.3, 0.4) is 0 Å². The quantitative estimate of drug-likeness (QED) is 0.599. The molecule has 3 heterocycles. The minimum Gasteiger partial charge on any atom is -0.376 e. The smallest absolute Gasteiger partial charge is 0.229 e. The zero-order chi connectivity index (χ0) is 18.0. The molecule has 0 unspecified atom stereocenters. The number of Topliss-reactive ketones (excluding diaryl/α,β-unsaturated/α-hetero) is 2. The largest absolute Gasteiger partial charge is 0.376 e. The van der Waals surface area contributed by atoms with Gasteiger partial charge in [-0.1, -0.05) is 0 Å². The molecule has 2 aromatic rings.